The number of aryl methyl sites for hydroxylation is 2. The van der Waals surface area contributed by atoms with Gasteiger partial charge in [-0.25, -0.2) is 0 Å². The van der Waals surface area contributed by atoms with Crippen molar-refractivity contribution in [1.29, 1.82) is 0 Å². The van der Waals surface area contributed by atoms with Crippen LogP contribution in [0.25, 0.3) is 6.08 Å². The molecule has 102 valence electrons. The van der Waals surface area contributed by atoms with E-state index in [1.165, 1.54) is 17.6 Å². The van der Waals surface area contributed by atoms with E-state index in [-0.39, 0.29) is 0 Å². The van der Waals surface area contributed by atoms with E-state index in [1.807, 2.05) is 26.8 Å². The van der Waals surface area contributed by atoms with E-state index in [4.69, 9.17) is 4.42 Å². The lowest BCUT2D eigenvalue weighted by atomic mass is 10.0. The Labute approximate surface area is 113 Å². The van der Waals surface area contributed by atoms with E-state index in [0.717, 1.165) is 23.9 Å². The van der Waals surface area contributed by atoms with Crippen LogP contribution in [0.2, 0.25) is 0 Å². The Hall–Kier alpha value is -1.24. The smallest absolute Gasteiger partial charge is 0.130 e. The van der Waals surface area contributed by atoms with Crippen LogP contribution >= 0.6 is 0 Å². The normalized spacial score (nSPS) is 11.2. The van der Waals surface area contributed by atoms with Crippen LogP contribution in [0.3, 0.4) is 0 Å². The molecule has 0 atom stereocenters. The Morgan fingerprint density at radius 1 is 1.33 bits per heavy atom. The fourth-order valence-electron chi connectivity index (χ4n) is 1.66. The minimum Gasteiger partial charge on any atom is -0.462 e. The van der Waals surface area contributed by atoms with E-state index in [0.29, 0.717) is 0 Å². The van der Waals surface area contributed by atoms with Crippen LogP contribution in [-0.2, 0) is 0 Å². The van der Waals surface area contributed by atoms with Crippen molar-refractivity contribution in [3.63, 3.8) is 0 Å². The molecule has 0 spiro atoms. The lowest BCUT2D eigenvalue weighted by molar-refractivity contribution is 0.522. The van der Waals surface area contributed by atoms with Gasteiger partial charge in [-0.05, 0) is 55.9 Å². The van der Waals surface area contributed by atoms with Crippen LogP contribution in [0.4, 0.5) is 0 Å². The van der Waals surface area contributed by atoms with Crippen molar-refractivity contribution in [3.05, 3.63) is 41.4 Å². The number of allylic oxidation sites excluding steroid dienone is 2. The Kier molecular flexibility index (Phi) is 8.19. The number of furan rings is 1. The molecular formula is C17H28O. The summed E-state index contributed by atoms with van der Waals surface area (Å²) in [5.74, 6) is 2.66. The third-order valence-electron chi connectivity index (χ3n) is 2.67. The third kappa shape index (κ3) is 5.90. The van der Waals surface area contributed by atoms with Gasteiger partial charge in [-0.15, -0.1) is 0 Å². The van der Waals surface area contributed by atoms with E-state index >= 15 is 0 Å². The summed E-state index contributed by atoms with van der Waals surface area (Å²) in [6.45, 7) is 16.4. The molecule has 0 N–H and O–H groups in total. The maximum absolute atomic E-state index is 5.63. The van der Waals surface area contributed by atoms with Crippen molar-refractivity contribution in [2.45, 2.75) is 54.4 Å². The SMILES string of the molecule is C=C/C(=C\c1oc(C)cc1C)CCC(C)C.CC. The maximum Gasteiger partial charge on any atom is 0.130 e. The van der Waals surface area contributed by atoms with Gasteiger partial charge in [-0.3, -0.25) is 0 Å². The molecule has 1 heteroatoms. The van der Waals surface area contributed by atoms with Crippen molar-refractivity contribution in [1.82, 2.24) is 0 Å². The largest absolute Gasteiger partial charge is 0.462 e. The van der Waals surface area contributed by atoms with Crippen molar-refractivity contribution in [3.8, 4) is 0 Å². The van der Waals surface area contributed by atoms with Crippen LogP contribution < -0.4 is 0 Å². The minimum atomic E-state index is 0.725. The van der Waals surface area contributed by atoms with Crippen LogP contribution in [-0.4, -0.2) is 0 Å². The summed E-state index contributed by atoms with van der Waals surface area (Å²) in [6.07, 6.45) is 6.30. The Balaban J connectivity index is 0.00000137. The minimum absolute atomic E-state index is 0.725. The van der Waals surface area contributed by atoms with Gasteiger partial charge in [-0.1, -0.05) is 40.3 Å². The van der Waals surface area contributed by atoms with Gasteiger partial charge in [0.25, 0.3) is 0 Å². The highest BCUT2D eigenvalue weighted by Crippen LogP contribution is 2.20. The van der Waals surface area contributed by atoms with Gasteiger partial charge in [0.05, 0.1) is 0 Å². The average molecular weight is 248 g/mol. The van der Waals surface area contributed by atoms with Gasteiger partial charge < -0.3 is 4.42 Å². The second-order valence-corrected chi connectivity index (χ2v) is 4.76. The molecule has 0 bridgehead atoms. The molecule has 0 aromatic carbocycles. The second kappa shape index (κ2) is 8.79. The summed E-state index contributed by atoms with van der Waals surface area (Å²) < 4.78 is 5.63. The van der Waals surface area contributed by atoms with Crippen molar-refractivity contribution in [2.75, 3.05) is 0 Å². The summed E-state index contributed by atoms with van der Waals surface area (Å²) in [6, 6.07) is 2.06. The maximum atomic E-state index is 5.63. The molecule has 0 radical (unpaired) electrons. The summed E-state index contributed by atoms with van der Waals surface area (Å²) in [7, 11) is 0. The highest BCUT2D eigenvalue weighted by molar-refractivity contribution is 5.54. The lowest BCUT2D eigenvalue weighted by Crippen LogP contribution is -1.88. The Bertz CT molecular complexity index is 380. The summed E-state index contributed by atoms with van der Waals surface area (Å²) in [5.41, 5.74) is 2.45. The number of hydrogen-bond acceptors (Lipinski definition) is 1. The first-order valence-corrected chi connectivity index (χ1v) is 6.93. The van der Waals surface area contributed by atoms with Gasteiger partial charge in [0.15, 0.2) is 0 Å². The zero-order valence-corrected chi connectivity index (χ0v) is 12.8. The molecule has 0 amide bonds. The molecule has 1 aromatic heterocycles. The zero-order chi connectivity index (χ0) is 14.1. The fraction of sp³-hybridized carbons (Fsp3) is 0.529. The molecule has 0 aliphatic carbocycles. The number of rotatable bonds is 5. The molecule has 0 saturated heterocycles. The topological polar surface area (TPSA) is 13.1 Å². The van der Waals surface area contributed by atoms with Gasteiger partial charge in [0.2, 0.25) is 0 Å². The van der Waals surface area contributed by atoms with E-state index in [1.54, 1.807) is 0 Å². The standard InChI is InChI=1S/C15H22O.C2H6/c1-6-14(8-7-11(2)3)10-15-12(4)9-13(5)16-15;1-2/h6,9-11H,1,7-8H2,2-5H3;1-2H3/b14-10+;. The van der Waals surface area contributed by atoms with Crippen LogP contribution in [0.15, 0.2) is 28.7 Å². The third-order valence-corrected chi connectivity index (χ3v) is 2.67. The molecule has 1 heterocycles. The summed E-state index contributed by atoms with van der Waals surface area (Å²) in [4.78, 5) is 0. The molecule has 1 aromatic rings. The van der Waals surface area contributed by atoms with Gasteiger partial charge >= 0.3 is 0 Å². The van der Waals surface area contributed by atoms with Crippen molar-refractivity contribution in [2.24, 2.45) is 5.92 Å². The molecule has 0 unspecified atom stereocenters. The van der Waals surface area contributed by atoms with Crippen molar-refractivity contribution < 1.29 is 4.42 Å². The van der Waals surface area contributed by atoms with Crippen LogP contribution in [0, 0.1) is 19.8 Å². The molecule has 1 rings (SSSR count). The number of hydrogen-bond donors (Lipinski definition) is 0. The van der Waals surface area contributed by atoms with Crippen molar-refractivity contribution >= 4 is 6.08 Å². The Morgan fingerprint density at radius 2 is 1.94 bits per heavy atom. The fourth-order valence-corrected chi connectivity index (χ4v) is 1.66. The zero-order valence-electron chi connectivity index (χ0n) is 12.8. The molecule has 0 saturated carbocycles. The first-order valence-electron chi connectivity index (χ1n) is 6.93. The van der Waals surface area contributed by atoms with Crippen LogP contribution in [0.5, 0.6) is 0 Å². The summed E-state index contributed by atoms with van der Waals surface area (Å²) in [5, 5.41) is 0. The van der Waals surface area contributed by atoms with Crippen LogP contribution in [0.1, 0.15) is 57.6 Å². The predicted molar refractivity (Wildman–Crippen MR) is 81.8 cm³/mol. The molecular weight excluding hydrogens is 220 g/mol. The molecule has 1 nitrogen and oxygen atoms in total. The highest BCUT2D eigenvalue weighted by atomic mass is 16.3. The average Bonchev–Trinajstić information content (AvgIpc) is 2.65. The predicted octanol–water partition coefficient (Wildman–Crippen LogP) is 5.93. The van der Waals surface area contributed by atoms with Gasteiger partial charge in [-0.2, -0.15) is 0 Å². The Morgan fingerprint density at radius 3 is 2.33 bits per heavy atom. The van der Waals surface area contributed by atoms with Gasteiger partial charge in [0.1, 0.15) is 11.5 Å². The second-order valence-electron chi connectivity index (χ2n) is 4.76. The molecule has 0 fully saturated rings. The van der Waals surface area contributed by atoms with E-state index < -0.39 is 0 Å². The van der Waals surface area contributed by atoms with Gasteiger partial charge in [0, 0.05) is 0 Å². The quantitative estimate of drug-likeness (QED) is 0.589. The summed E-state index contributed by atoms with van der Waals surface area (Å²) >= 11 is 0. The van der Waals surface area contributed by atoms with E-state index in [9.17, 15) is 0 Å². The monoisotopic (exact) mass is 248 g/mol. The first-order chi connectivity index (χ1) is 8.52. The molecule has 0 aliphatic heterocycles. The molecule has 0 aliphatic rings. The molecule has 18 heavy (non-hydrogen) atoms. The first kappa shape index (κ1) is 16.8. The lowest BCUT2D eigenvalue weighted by Gasteiger charge is -2.04. The van der Waals surface area contributed by atoms with E-state index in [2.05, 4.69) is 39.5 Å². The highest BCUT2D eigenvalue weighted by Gasteiger charge is 2.03.